The Hall–Kier alpha value is -1.66. The van der Waals surface area contributed by atoms with Gasteiger partial charge in [-0.1, -0.05) is 30.3 Å². The molecule has 6 heteroatoms. The van der Waals surface area contributed by atoms with Crippen LogP contribution in [0.2, 0.25) is 0 Å². The Kier molecular flexibility index (Phi) is 6.57. The zero-order valence-electron chi connectivity index (χ0n) is 13.1. The molecule has 3 nitrogen and oxygen atoms in total. The highest BCUT2D eigenvalue weighted by molar-refractivity contribution is 7.17. The second kappa shape index (κ2) is 8.44. The van der Waals surface area contributed by atoms with E-state index in [9.17, 15) is 9.50 Å². The lowest BCUT2D eigenvalue weighted by Crippen LogP contribution is -2.32. The number of ether oxygens (including phenoxy) is 1. The number of fused-ring (bicyclic) bond motifs is 1. The van der Waals surface area contributed by atoms with Gasteiger partial charge in [-0.2, -0.15) is 0 Å². The standard InChI is InChI=1S/C18H18FNO2S.ClH/c1-20-11-15(21)17(12-5-3-2-4-6-12)22-16-8-7-14(19)18-13(16)9-10-23-18;/h2-10,15,17,20-21H,11H2,1H3;1H/t15-,17+;/m0./s1. The SMILES string of the molecule is CNC[C@H](O)[C@H](Oc1ccc(F)c2sccc12)c1ccccc1.Cl. The van der Waals surface area contributed by atoms with E-state index in [-0.39, 0.29) is 18.2 Å². The summed E-state index contributed by atoms with van der Waals surface area (Å²) in [7, 11) is 1.78. The van der Waals surface area contributed by atoms with Gasteiger partial charge in [0.2, 0.25) is 0 Å². The molecular formula is C18H19ClFNO2S. The number of hydrogen-bond donors (Lipinski definition) is 2. The van der Waals surface area contributed by atoms with Crippen LogP contribution in [0.5, 0.6) is 5.75 Å². The summed E-state index contributed by atoms with van der Waals surface area (Å²) in [5.41, 5.74) is 0.878. The molecule has 24 heavy (non-hydrogen) atoms. The molecule has 2 atom stereocenters. The van der Waals surface area contributed by atoms with E-state index in [1.165, 1.54) is 17.4 Å². The molecule has 1 heterocycles. The van der Waals surface area contributed by atoms with E-state index < -0.39 is 12.2 Å². The summed E-state index contributed by atoms with van der Waals surface area (Å²) in [5.74, 6) is 0.320. The first kappa shape index (κ1) is 18.7. The average Bonchev–Trinajstić information content (AvgIpc) is 3.06. The third-order valence-electron chi connectivity index (χ3n) is 3.67. The number of likely N-dealkylation sites (N-methyl/N-ethyl adjacent to an activating group) is 1. The zero-order valence-corrected chi connectivity index (χ0v) is 14.7. The molecule has 2 N–H and O–H groups in total. The van der Waals surface area contributed by atoms with Crippen molar-refractivity contribution in [2.75, 3.05) is 13.6 Å². The smallest absolute Gasteiger partial charge is 0.151 e. The Morgan fingerprint density at radius 1 is 1.17 bits per heavy atom. The van der Waals surface area contributed by atoms with Gasteiger partial charge in [-0.3, -0.25) is 0 Å². The molecule has 0 bridgehead atoms. The third kappa shape index (κ3) is 3.87. The topological polar surface area (TPSA) is 41.5 Å². The maximum atomic E-state index is 13.8. The van der Waals surface area contributed by atoms with Crippen LogP contribution in [0.15, 0.2) is 53.9 Å². The minimum Gasteiger partial charge on any atom is -0.482 e. The lowest BCUT2D eigenvalue weighted by molar-refractivity contribution is 0.0379. The predicted octanol–water partition coefficient (Wildman–Crippen LogP) is 4.16. The van der Waals surface area contributed by atoms with Crippen molar-refractivity contribution in [1.29, 1.82) is 0 Å². The fraction of sp³-hybridized carbons (Fsp3) is 0.222. The quantitative estimate of drug-likeness (QED) is 0.687. The van der Waals surface area contributed by atoms with E-state index in [1.807, 2.05) is 41.8 Å². The fourth-order valence-corrected chi connectivity index (χ4v) is 3.39. The van der Waals surface area contributed by atoms with Gasteiger partial charge in [0.15, 0.2) is 6.10 Å². The van der Waals surface area contributed by atoms with E-state index in [0.717, 1.165) is 10.9 Å². The van der Waals surface area contributed by atoms with Crippen LogP contribution in [-0.2, 0) is 0 Å². The molecular weight excluding hydrogens is 349 g/mol. The molecule has 0 aliphatic rings. The Bertz CT molecular complexity index is 781. The number of aliphatic hydroxyl groups is 1. The van der Waals surface area contributed by atoms with Gasteiger partial charge in [0.25, 0.3) is 0 Å². The number of thiophene rings is 1. The number of benzene rings is 2. The molecule has 0 radical (unpaired) electrons. The molecule has 2 aromatic carbocycles. The van der Waals surface area contributed by atoms with Gasteiger partial charge in [0.05, 0.1) is 4.70 Å². The summed E-state index contributed by atoms with van der Waals surface area (Å²) in [6, 6.07) is 14.4. The first-order chi connectivity index (χ1) is 11.2. The minimum atomic E-state index is -0.721. The van der Waals surface area contributed by atoms with E-state index >= 15 is 0 Å². The second-order valence-corrected chi connectivity index (χ2v) is 6.20. The highest BCUT2D eigenvalue weighted by Gasteiger charge is 2.23. The Morgan fingerprint density at radius 3 is 2.62 bits per heavy atom. The van der Waals surface area contributed by atoms with Crippen molar-refractivity contribution in [1.82, 2.24) is 5.32 Å². The lowest BCUT2D eigenvalue weighted by atomic mass is 10.0. The zero-order chi connectivity index (χ0) is 16.2. The van der Waals surface area contributed by atoms with Gasteiger partial charge in [0, 0.05) is 11.9 Å². The summed E-state index contributed by atoms with van der Waals surface area (Å²) in [4.78, 5) is 0. The largest absolute Gasteiger partial charge is 0.482 e. The van der Waals surface area contributed by atoms with Gasteiger partial charge in [-0.25, -0.2) is 4.39 Å². The van der Waals surface area contributed by atoms with Crippen LogP contribution in [0.3, 0.4) is 0 Å². The van der Waals surface area contributed by atoms with Gasteiger partial charge < -0.3 is 15.2 Å². The van der Waals surface area contributed by atoms with Crippen LogP contribution >= 0.6 is 23.7 Å². The molecule has 1 aromatic heterocycles. The molecule has 3 aromatic rings. The lowest BCUT2D eigenvalue weighted by Gasteiger charge is -2.25. The van der Waals surface area contributed by atoms with Gasteiger partial charge in [0.1, 0.15) is 17.7 Å². The number of hydrogen-bond acceptors (Lipinski definition) is 4. The average molecular weight is 368 g/mol. The van der Waals surface area contributed by atoms with Gasteiger partial charge >= 0.3 is 0 Å². The monoisotopic (exact) mass is 367 g/mol. The molecule has 0 amide bonds. The number of nitrogens with one attached hydrogen (secondary N) is 1. The molecule has 0 aliphatic carbocycles. The first-order valence-corrected chi connectivity index (χ1v) is 8.28. The van der Waals surface area contributed by atoms with Crippen molar-refractivity contribution in [2.24, 2.45) is 0 Å². The molecule has 0 unspecified atom stereocenters. The third-order valence-corrected chi connectivity index (χ3v) is 4.60. The number of aliphatic hydroxyl groups excluding tert-OH is 1. The van der Waals surface area contributed by atoms with Gasteiger partial charge in [-0.05, 0) is 36.2 Å². The van der Waals surface area contributed by atoms with Crippen LogP contribution < -0.4 is 10.1 Å². The minimum absolute atomic E-state index is 0. The maximum Gasteiger partial charge on any atom is 0.151 e. The predicted molar refractivity (Wildman–Crippen MR) is 98.8 cm³/mol. The summed E-state index contributed by atoms with van der Waals surface area (Å²) in [6.45, 7) is 0.396. The fourth-order valence-electron chi connectivity index (χ4n) is 2.57. The molecule has 3 rings (SSSR count). The van der Waals surface area contributed by atoms with E-state index in [0.29, 0.717) is 17.0 Å². The summed E-state index contributed by atoms with van der Waals surface area (Å²) in [6.07, 6.45) is -1.25. The van der Waals surface area contributed by atoms with Crippen LogP contribution in [0, 0.1) is 5.82 Å². The van der Waals surface area contributed by atoms with Crippen LogP contribution in [0.1, 0.15) is 11.7 Å². The number of rotatable bonds is 6. The van der Waals surface area contributed by atoms with E-state index in [2.05, 4.69) is 5.32 Å². The van der Waals surface area contributed by atoms with Crippen molar-refractivity contribution in [3.8, 4) is 5.75 Å². The highest BCUT2D eigenvalue weighted by atomic mass is 35.5. The van der Waals surface area contributed by atoms with Crippen LogP contribution in [-0.4, -0.2) is 24.8 Å². The van der Waals surface area contributed by atoms with Crippen molar-refractivity contribution in [2.45, 2.75) is 12.2 Å². The Balaban J connectivity index is 0.00000208. The molecule has 0 saturated heterocycles. The van der Waals surface area contributed by atoms with E-state index in [1.54, 1.807) is 13.1 Å². The van der Waals surface area contributed by atoms with Crippen molar-refractivity contribution >= 4 is 33.8 Å². The Labute approximate surface area is 150 Å². The van der Waals surface area contributed by atoms with Crippen molar-refractivity contribution in [3.05, 3.63) is 65.3 Å². The van der Waals surface area contributed by atoms with Crippen molar-refractivity contribution in [3.63, 3.8) is 0 Å². The normalized spacial score (nSPS) is 13.3. The molecule has 128 valence electrons. The molecule has 0 aliphatic heterocycles. The molecule has 0 saturated carbocycles. The highest BCUT2D eigenvalue weighted by Crippen LogP contribution is 2.35. The number of halogens is 2. The second-order valence-electron chi connectivity index (χ2n) is 5.28. The first-order valence-electron chi connectivity index (χ1n) is 7.40. The molecule has 0 spiro atoms. The summed E-state index contributed by atoms with van der Waals surface area (Å²) >= 11 is 1.34. The van der Waals surface area contributed by atoms with Crippen LogP contribution in [0.4, 0.5) is 4.39 Å². The summed E-state index contributed by atoms with van der Waals surface area (Å²) in [5, 5.41) is 16.0. The Morgan fingerprint density at radius 2 is 1.92 bits per heavy atom. The molecule has 0 fully saturated rings. The van der Waals surface area contributed by atoms with E-state index in [4.69, 9.17) is 4.74 Å². The van der Waals surface area contributed by atoms with Crippen molar-refractivity contribution < 1.29 is 14.2 Å². The maximum absolute atomic E-state index is 13.8. The van der Waals surface area contributed by atoms with Crippen LogP contribution in [0.25, 0.3) is 10.1 Å². The van der Waals surface area contributed by atoms with Gasteiger partial charge in [-0.15, -0.1) is 23.7 Å². The summed E-state index contributed by atoms with van der Waals surface area (Å²) < 4.78 is 20.5.